The Hall–Kier alpha value is -1.65. The highest BCUT2D eigenvalue weighted by atomic mass is 16.6. The fourth-order valence-corrected chi connectivity index (χ4v) is 2.14. The van der Waals surface area contributed by atoms with Gasteiger partial charge in [-0.05, 0) is 18.2 Å². The third-order valence-corrected chi connectivity index (χ3v) is 3.24. The van der Waals surface area contributed by atoms with E-state index in [1.165, 1.54) is 10.9 Å². The summed E-state index contributed by atoms with van der Waals surface area (Å²) in [6.45, 7) is 5.21. The summed E-state index contributed by atoms with van der Waals surface area (Å²) in [7, 11) is 0. The SMILES string of the molecule is CCNCc1cc(OC2COC2)nc2ccccc12. The molecule has 0 spiro atoms. The zero-order chi connectivity index (χ0) is 13.1. The van der Waals surface area contributed by atoms with Crippen LogP contribution in [0.1, 0.15) is 12.5 Å². The lowest BCUT2D eigenvalue weighted by Gasteiger charge is -2.26. The van der Waals surface area contributed by atoms with E-state index >= 15 is 0 Å². The van der Waals surface area contributed by atoms with Crippen LogP contribution in [0.4, 0.5) is 0 Å². The molecule has 0 amide bonds. The van der Waals surface area contributed by atoms with E-state index in [4.69, 9.17) is 9.47 Å². The first-order valence-corrected chi connectivity index (χ1v) is 6.70. The van der Waals surface area contributed by atoms with Gasteiger partial charge in [0.2, 0.25) is 5.88 Å². The van der Waals surface area contributed by atoms with Crippen molar-refractivity contribution in [1.82, 2.24) is 10.3 Å². The van der Waals surface area contributed by atoms with Gasteiger partial charge in [-0.1, -0.05) is 25.1 Å². The number of benzene rings is 1. The topological polar surface area (TPSA) is 43.4 Å². The maximum absolute atomic E-state index is 5.82. The van der Waals surface area contributed by atoms with Gasteiger partial charge in [-0.3, -0.25) is 0 Å². The molecule has 0 radical (unpaired) electrons. The van der Waals surface area contributed by atoms with E-state index in [0.29, 0.717) is 19.1 Å². The molecule has 1 aromatic carbocycles. The van der Waals surface area contributed by atoms with Crippen LogP contribution in [-0.4, -0.2) is 30.8 Å². The van der Waals surface area contributed by atoms with Gasteiger partial charge in [0, 0.05) is 18.0 Å². The molecule has 1 saturated heterocycles. The van der Waals surface area contributed by atoms with E-state index in [1.807, 2.05) is 24.3 Å². The van der Waals surface area contributed by atoms with Crippen molar-refractivity contribution in [2.24, 2.45) is 0 Å². The minimum atomic E-state index is 0.153. The summed E-state index contributed by atoms with van der Waals surface area (Å²) in [6, 6.07) is 10.2. The average Bonchev–Trinajstić information content (AvgIpc) is 2.40. The van der Waals surface area contributed by atoms with Gasteiger partial charge in [-0.2, -0.15) is 0 Å². The number of ether oxygens (including phenoxy) is 2. The summed E-state index contributed by atoms with van der Waals surface area (Å²) in [5.74, 6) is 0.694. The number of nitrogens with one attached hydrogen (secondary N) is 1. The molecule has 1 N–H and O–H groups in total. The summed E-state index contributed by atoms with van der Waals surface area (Å²) >= 11 is 0. The maximum atomic E-state index is 5.82. The first-order chi connectivity index (χ1) is 9.36. The molecule has 0 atom stereocenters. The third-order valence-electron chi connectivity index (χ3n) is 3.24. The Bertz CT molecular complexity index is 567. The molecule has 100 valence electrons. The van der Waals surface area contributed by atoms with E-state index in [2.05, 4.69) is 23.3 Å². The Kier molecular flexibility index (Phi) is 3.62. The minimum Gasteiger partial charge on any atom is -0.469 e. The van der Waals surface area contributed by atoms with Crippen LogP contribution in [-0.2, 0) is 11.3 Å². The molecule has 1 fully saturated rings. The first-order valence-electron chi connectivity index (χ1n) is 6.70. The molecule has 4 nitrogen and oxygen atoms in total. The predicted molar refractivity (Wildman–Crippen MR) is 74.4 cm³/mol. The number of nitrogens with zero attached hydrogens (tertiary/aromatic N) is 1. The number of para-hydroxylation sites is 1. The molecule has 0 bridgehead atoms. The molecule has 1 aliphatic heterocycles. The summed E-state index contributed by atoms with van der Waals surface area (Å²) in [6.07, 6.45) is 0.153. The van der Waals surface area contributed by atoms with E-state index < -0.39 is 0 Å². The Labute approximate surface area is 112 Å². The highest BCUT2D eigenvalue weighted by molar-refractivity contribution is 5.82. The summed E-state index contributed by atoms with van der Waals surface area (Å²) in [5, 5.41) is 4.54. The van der Waals surface area contributed by atoms with Crippen LogP contribution < -0.4 is 10.1 Å². The first kappa shape index (κ1) is 12.4. The van der Waals surface area contributed by atoms with Crippen LogP contribution in [0.25, 0.3) is 10.9 Å². The normalized spacial score (nSPS) is 15.4. The van der Waals surface area contributed by atoms with Crippen molar-refractivity contribution in [2.75, 3.05) is 19.8 Å². The maximum Gasteiger partial charge on any atom is 0.214 e. The van der Waals surface area contributed by atoms with Crippen LogP contribution in [0.3, 0.4) is 0 Å². The van der Waals surface area contributed by atoms with Gasteiger partial charge in [0.25, 0.3) is 0 Å². The van der Waals surface area contributed by atoms with E-state index in [9.17, 15) is 0 Å². The number of aromatic nitrogens is 1. The minimum absolute atomic E-state index is 0.153. The summed E-state index contributed by atoms with van der Waals surface area (Å²) in [4.78, 5) is 4.56. The molecule has 2 heterocycles. The second-order valence-corrected chi connectivity index (χ2v) is 4.69. The molecule has 1 aromatic heterocycles. The Morgan fingerprint density at radius 1 is 1.37 bits per heavy atom. The highest BCUT2D eigenvalue weighted by Crippen LogP contribution is 2.23. The highest BCUT2D eigenvalue weighted by Gasteiger charge is 2.21. The van der Waals surface area contributed by atoms with Crippen molar-refractivity contribution in [2.45, 2.75) is 19.6 Å². The quantitative estimate of drug-likeness (QED) is 0.892. The molecule has 2 aromatic rings. The van der Waals surface area contributed by atoms with Gasteiger partial charge in [0.05, 0.1) is 18.7 Å². The zero-order valence-electron chi connectivity index (χ0n) is 11.1. The summed E-state index contributed by atoms with van der Waals surface area (Å²) < 4.78 is 10.9. The predicted octanol–water partition coefficient (Wildman–Crippen LogP) is 2.12. The lowest BCUT2D eigenvalue weighted by Crippen LogP contribution is -2.38. The fourth-order valence-electron chi connectivity index (χ4n) is 2.14. The number of fused-ring (bicyclic) bond motifs is 1. The van der Waals surface area contributed by atoms with Crippen molar-refractivity contribution < 1.29 is 9.47 Å². The van der Waals surface area contributed by atoms with Crippen LogP contribution in [0.5, 0.6) is 5.88 Å². The molecule has 0 unspecified atom stereocenters. The van der Waals surface area contributed by atoms with E-state index in [-0.39, 0.29) is 6.10 Å². The lowest BCUT2D eigenvalue weighted by molar-refractivity contribution is -0.0812. The van der Waals surface area contributed by atoms with Crippen molar-refractivity contribution in [1.29, 1.82) is 0 Å². The second kappa shape index (κ2) is 5.55. The molecule has 3 rings (SSSR count). The Morgan fingerprint density at radius 3 is 2.95 bits per heavy atom. The lowest BCUT2D eigenvalue weighted by atomic mass is 10.1. The van der Waals surface area contributed by atoms with Gasteiger partial charge < -0.3 is 14.8 Å². The molecule has 1 aliphatic rings. The summed E-state index contributed by atoms with van der Waals surface area (Å²) in [5.41, 5.74) is 2.20. The number of hydrogen-bond acceptors (Lipinski definition) is 4. The smallest absolute Gasteiger partial charge is 0.214 e. The van der Waals surface area contributed by atoms with Gasteiger partial charge >= 0.3 is 0 Å². The molecule has 19 heavy (non-hydrogen) atoms. The van der Waals surface area contributed by atoms with Crippen molar-refractivity contribution in [3.05, 3.63) is 35.9 Å². The number of rotatable bonds is 5. The molecule has 0 saturated carbocycles. The van der Waals surface area contributed by atoms with Crippen LogP contribution in [0.2, 0.25) is 0 Å². The van der Waals surface area contributed by atoms with Crippen molar-refractivity contribution >= 4 is 10.9 Å². The largest absolute Gasteiger partial charge is 0.469 e. The van der Waals surface area contributed by atoms with E-state index in [0.717, 1.165) is 18.6 Å². The molecule has 4 heteroatoms. The number of hydrogen-bond donors (Lipinski definition) is 1. The van der Waals surface area contributed by atoms with Crippen LogP contribution in [0, 0.1) is 0 Å². The zero-order valence-corrected chi connectivity index (χ0v) is 11.1. The van der Waals surface area contributed by atoms with E-state index in [1.54, 1.807) is 0 Å². The van der Waals surface area contributed by atoms with Crippen molar-refractivity contribution in [3.63, 3.8) is 0 Å². The van der Waals surface area contributed by atoms with Gasteiger partial charge in [0.15, 0.2) is 0 Å². The molecular formula is C15H18N2O2. The monoisotopic (exact) mass is 258 g/mol. The molecular weight excluding hydrogens is 240 g/mol. The van der Waals surface area contributed by atoms with Gasteiger partial charge in [0.1, 0.15) is 6.10 Å². The Morgan fingerprint density at radius 2 is 2.21 bits per heavy atom. The average molecular weight is 258 g/mol. The Balaban J connectivity index is 1.93. The molecule has 0 aliphatic carbocycles. The number of pyridine rings is 1. The fraction of sp³-hybridized carbons (Fsp3) is 0.400. The third kappa shape index (κ3) is 2.69. The van der Waals surface area contributed by atoms with Crippen LogP contribution >= 0.6 is 0 Å². The second-order valence-electron chi connectivity index (χ2n) is 4.69. The van der Waals surface area contributed by atoms with Crippen molar-refractivity contribution in [3.8, 4) is 5.88 Å². The van der Waals surface area contributed by atoms with Crippen LogP contribution in [0.15, 0.2) is 30.3 Å². The van der Waals surface area contributed by atoms with Gasteiger partial charge in [-0.25, -0.2) is 4.98 Å². The van der Waals surface area contributed by atoms with Gasteiger partial charge in [-0.15, -0.1) is 0 Å². The standard InChI is InChI=1S/C15H18N2O2/c1-2-16-8-11-7-15(19-12-9-18-10-12)17-14-6-4-3-5-13(11)14/h3-7,12,16H,2,8-10H2,1H3.